The van der Waals surface area contributed by atoms with E-state index in [1.165, 1.54) is 4.68 Å². The van der Waals surface area contributed by atoms with Gasteiger partial charge in [0, 0.05) is 26.8 Å². The smallest absolute Gasteiger partial charge is 0.246 e. The van der Waals surface area contributed by atoms with Gasteiger partial charge in [-0.1, -0.05) is 18.2 Å². The van der Waals surface area contributed by atoms with E-state index in [4.69, 9.17) is 30.2 Å². The number of thiocarbonyl (C=S) groups is 2. The molecular weight excluding hydrogens is 332 g/mol. The Morgan fingerprint density at radius 2 is 1.83 bits per heavy atom. The van der Waals surface area contributed by atoms with Crippen LogP contribution >= 0.6 is 24.4 Å². The average molecular weight is 350 g/mol. The minimum Gasteiger partial charge on any atom is -0.368 e. The Bertz CT molecular complexity index is 697. The molecule has 0 fully saturated rings. The Morgan fingerprint density at radius 1 is 1.17 bits per heavy atom. The number of rotatable bonds is 2. The van der Waals surface area contributed by atoms with Gasteiger partial charge in [0.1, 0.15) is 0 Å². The van der Waals surface area contributed by atoms with Gasteiger partial charge in [-0.3, -0.25) is 10.4 Å². The highest BCUT2D eigenvalue weighted by molar-refractivity contribution is 7.80. The van der Waals surface area contributed by atoms with Crippen molar-refractivity contribution in [3.8, 4) is 0 Å². The van der Waals surface area contributed by atoms with Crippen LogP contribution in [-0.2, 0) is 0 Å². The lowest BCUT2D eigenvalue weighted by Crippen LogP contribution is -2.47. The van der Waals surface area contributed by atoms with E-state index < -0.39 is 0 Å². The van der Waals surface area contributed by atoms with Crippen LogP contribution in [0.3, 0.4) is 0 Å². The van der Waals surface area contributed by atoms with Gasteiger partial charge in [0.15, 0.2) is 5.11 Å². The maximum Gasteiger partial charge on any atom is 0.246 e. The molecule has 122 valence electrons. The molecule has 23 heavy (non-hydrogen) atoms. The van der Waals surface area contributed by atoms with E-state index in [1.807, 2.05) is 44.4 Å². The number of hydrogen-bond acceptors (Lipinski definition) is 6. The number of aromatic nitrogens is 3. The summed E-state index contributed by atoms with van der Waals surface area (Å²) in [7, 11) is 5.38. The molecule has 8 nitrogen and oxygen atoms in total. The second-order valence-corrected chi connectivity index (χ2v) is 5.62. The normalized spacial score (nSPS) is 10.0. The summed E-state index contributed by atoms with van der Waals surface area (Å²) in [5, 5.41) is 9.59. The summed E-state index contributed by atoms with van der Waals surface area (Å²) in [6.07, 6.45) is 0. The van der Waals surface area contributed by atoms with Crippen molar-refractivity contribution in [2.75, 3.05) is 37.1 Å². The van der Waals surface area contributed by atoms with Gasteiger partial charge >= 0.3 is 0 Å². The van der Waals surface area contributed by atoms with Crippen molar-refractivity contribution in [3.63, 3.8) is 0 Å². The molecule has 0 aliphatic carbocycles. The van der Waals surface area contributed by atoms with Crippen LogP contribution in [0.2, 0.25) is 0 Å². The minimum atomic E-state index is 0.196. The van der Waals surface area contributed by atoms with Crippen molar-refractivity contribution in [2.45, 2.75) is 0 Å². The predicted molar refractivity (Wildman–Crippen MR) is 100 cm³/mol. The van der Waals surface area contributed by atoms with Crippen LogP contribution in [0.5, 0.6) is 0 Å². The first-order chi connectivity index (χ1) is 10.9. The van der Waals surface area contributed by atoms with E-state index >= 15 is 0 Å². The first-order valence-corrected chi connectivity index (χ1v) is 7.50. The highest BCUT2D eigenvalue weighted by Gasteiger charge is 2.14. The van der Waals surface area contributed by atoms with Gasteiger partial charge in [-0.2, -0.15) is 9.67 Å². The Hall–Kier alpha value is -2.46. The van der Waals surface area contributed by atoms with Crippen LogP contribution < -0.4 is 21.4 Å². The molecule has 0 unspecified atom stereocenters. The highest BCUT2D eigenvalue weighted by Crippen LogP contribution is 2.08. The Balaban J connectivity index is 2.00. The molecule has 1 aromatic heterocycles. The van der Waals surface area contributed by atoms with Gasteiger partial charge in [0.2, 0.25) is 17.0 Å². The fraction of sp³-hybridized carbons (Fsp3) is 0.231. The molecule has 2 rings (SSSR count). The van der Waals surface area contributed by atoms with Crippen molar-refractivity contribution < 1.29 is 0 Å². The van der Waals surface area contributed by atoms with Gasteiger partial charge in [-0.05, 0) is 36.6 Å². The zero-order valence-corrected chi connectivity index (χ0v) is 14.6. The third-order valence-corrected chi connectivity index (χ3v) is 3.45. The second-order valence-electron chi connectivity index (χ2n) is 4.85. The predicted octanol–water partition coefficient (Wildman–Crippen LogP) is 0.893. The molecule has 0 aliphatic heterocycles. The van der Waals surface area contributed by atoms with Crippen LogP contribution in [-0.4, -0.2) is 51.1 Å². The van der Waals surface area contributed by atoms with Crippen molar-refractivity contribution >= 4 is 52.2 Å². The molecule has 0 atom stereocenters. The van der Waals surface area contributed by atoms with Crippen LogP contribution in [0, 0.1) is 0 Å². The van der Waals surface area contributed by atoms with E-state index in [2.05, 4.69) is 20.8 Å². The van der Waals surface area contributed by atoms with E-state index in [-0.39, 0.29) is 11.1 Å². The number of benzene rings is 1. The molecule has 0 bridgehead atoms. The largest absolute Gasteiger partial charge is 0.368 e. The summed E-state index contributed by atoms with van der Waals surface area (Å²) < 4.78 is 1.34. The number of nitrogens with two attached hydrogens (primary N) is 1. The van der Waals surface area contributed by atoms with Crippen LogP contribution in [0.15, 0.2) is 30.3 Å². The molecule has 0 radical (unpaired) electrons. The number of nitrogen functional groups attached to an aromatic ring is 1. The van der Waals surface area contributed by atoms with E-state index in [0.717, 1.165) is 5.69 Å². The van der Waals surface area contributed by atoms with Crippen LogP contribution in [0.1, 0.15) is 0 Å². The van der Waals surface area contributed by atoms with Crippen molar-refractivity contribution in [1.29, 1.82) is 0 Å². The topological polar surface area (TPSA) is 87.3 Å². The van der Waals surface area contributed by atoms with Gasteiger partial charge in [0.25, 0.3) is 0 Å². The van der Waals surface area contributed by atoms with E-state index in [1.54, 1.807) is 17.0 Å². The van der Waals surface area contributed by atoms with Crippen molar-refractivity contribution in [2.24, 2.45) is 0 Å². The number of nitrogens with zero attached hydrogens (tertiary/aromatic N) is 5. The van der Waals surface area contributed by atoms with E-state index in [0.29, 0.717) is 11.1 Å². The van der Waals surface area contributed by atoms with Crippen molar-refractivity contribution in [1.82, 2.24) is 25.2 Å². The molecular formula is C13H18N8S2. The van der Waals surface area contributed by atoms with Crippen LogP contribution in [0.25, 0.3) is 0 Å². The number of para-hydroxylation sites is 1. The number of anilines is 3. The third-order valence-electron chi connectivity index (χ3n) is 2.81. The third kappa shape index (κ3) is 4.27. The second kappa shape index (κ2) is 7.20. The fourth-order valence-corrected chi connectivity index (χ4v) is 2.06. The maximum absolute atomic E-state index is 5.82. The van der Waals surface area contributed by atoms with Gasteiger partial charge in [0.05, 0.1) is 0 Å². The Labute approximate surface area is 145 Å². The molecule has 0 saturated heterocycles. The zero-order chi connectivity index (χ0) is 17.0. The molecule has 4 N–H and O–H groups in total. The summed E-state index contributed by atoms with van der Waals surface area (Å²) in [5.74, 6) is 0.667. The molecule has 10 heteroatoms. The molecule has 2 aromatic rings. The summed E-state index contributed by atoms with van der Waals surface area (Å²) in [6, 6.07) is 9.60. The Morgan fingerprint density at radius 3 is 2.39 bits per heavy atom. The number of hydrazine groups is 1. The Kier molecular flexibility index (Phi) is 5.29. The van der Waals surface area contributed by atoms with Gasteiger partial charge in [-0.15, -0.1) is 5.10 Å². The summed E-state index contributed by atoms with van der Waals surface area (Å²) in [5.41, 5.74) is 9.64. The first kappa shape index (κ1) is 16.9. The first-order valence-electron chi connectivity index (χ1n) is 6.69. The van der Waals surface area contributed by atoms with Gasteiger partial charge < -0.3 is 16.0 Å². The number of nitrogens with one attached hydrogen (secondary N) is 2. The molecule has 0 amide bonds. The maximum atomic E-state index is 5.82. The standard InChI is InChI=1S/C13H18N8S2/c1-19(2)11-16-10(14)21(17-11)13(23)18-20(3)12(22)15-9-7-5-4-6-8-9/h4-8H,1-3H3,(H,15,22)(H,18,23)(H2,14,16,17). The lowest BCUT2D eigenvalue weighted by molar-refractivity contribution is 0.459. The summed E-state index contributed by atoms with van der Waals surface area (Å²) >= 11 is 10.6. The fourth-order valence-electron chi connectivity index (χ4n) is 1.62. The minimum absolute atomic E-state index is 0.196. The molecule has 1 heterocycles. The molecule has 1 aromatic carbocycles. The highest BCUT2D eigenvalue weighted by atomic mass is 32.1. The monoisotopic (exact) mass is 350 g/mol. The lowest BCUT2D eigenvalue weighted by Gasteiger charge is -2.22. The lowest BCUT2D eigenvalue weighted by atomic mass is 10.3. The SMILES string of the molecule is CN(NC(=S)n1nc(N(C)C)nc1N)C(=S)Nc1ccccc1. The van der Waals surface area contributed by atoms with Crippen LogP contribution in [0.4, 0.5) is 17.6 Å². The van der Waals surface area contributed by atoms with Gasteiger partial charge in [-0.25, -0.2) is 0 Å². The summed E-state index contributed by atoms with van der Waals surface area (Å²) in [4.78, 5) is 5.85. The van der Waals surface area contributed by atoms with E-state index in [9.17, 15) is 0 Å². The molecule has 0 spiro atoms. The average Bonchev–Trinajstić information content (AvgIpc) is 2.90. The zero-order valence-electron chi connectivity index (χ0n) is 13.0. The molecule has 0 aliphatic rings. The molecule has 0 saturated carbocycles. The quantitative estimate of drug-likeness (QED) is 0.540. The summed E-state index contributed by atoms with van der Waals surface area (Å²) in [6.45, 7) is 0. The van der Waals surface area contributed by atoms with Crippen molar-refractivity contribution in [3.05, 3.63) is 30.3 Å². The number of hydrogen-bond donors (Lipinski definition) is 3.